The number of carbonyl (C=O) groups excluding carboxylic acids is 4. The van der Waals surface area contributed by atoms with Crippen molar-refractivity contribution in [1.82, 2.24) is 10.2 Å². The first kappa shape index (κ1) is 22.9. The summed E-state index contributed by atoms with van der Waals surface area (Å²) < 4.78 is 9.84. The van der Waals surface area contributed by atoms with Gasteiger partial charge in [0.1, 0.15) is 11.6 Å². The van der Waals surface area contributed by atoms with Crippen molar-refractivity contribution in [2.45, 2.75) is 79.1 Å². The lowest BCUT2D eigenvalue weighted by atomic mass is 10.2. The van der Waals surface area contributed by atoms with Gasteiger partial charge in [-0.3, -0.25) is 9.59 Å². The third-order valence-corrected chi connectivity index (χ3v) is 3.02. The highest BCUT2D eigenvalue weighted by atomic mass is 16.6. The molecule has 0 unspecified atom stereocenters. The first-order valence-corrected chi connectivity index (χ1v) is 8.28. The van der Waals surface area contributed by atoms with E-state index >= 15 is 0 Å². The number of ketones is 1. The molecule has 0 aromatic heterocycles. The maximum atomic E-state index is 12.1. The zero-order chi connectivity index (χ0) is 19.9. The molecule has 0 rings (SSSR count). The van der Waals surface area contributed by atoms with Crippen LogP contribution in [0.1, 0.15) is 55.4 Å². The Balaban J connectivity index is 4.55. The number of nitrogens with zero attached hydrogens (tertiary/aromatic N) is 1. The highest BCUT2D eigenvalue weighted by Crippen LogP contribution is 2.08. The highest BCUT2D eigenvalue weighted by Gasteiger charge is 2.28. The molecule has 0 aromatic rings. The third-order valence-electron chi connectivity index (χ3n) is 3.02. The molecule has 8 heteroatoms. The predicted molar refractivity (Wildman–Crippen MR) is 91.9 cm³/mol. The van der Waals surface area contributed by atoms with Crippen LogP contribution in [0.5, 0.6) is 0 Å². The van der Waals surface area contributed by atoms with Crippen molar-refractivity contribution < 1.29 is 28.7 Å². The Labute approximate surface area is 149 Å². The average molecular weight is 358 g/mol. The van der Waals surface area contributed by atoms with Gasteiger partial charge in [0.25, 0.3) is 11.7 Å². The molecule has 1 N–H and O–H groups in total. The fourth-order valence-corrected chi connectivity index (χ4v) is 2.08. The van der Waals surface area contributed by atoms with E-state index in [0.29, 0.717) is 0 Å². The first-order valence-electron chi connectivity index (χ1n) is 8.28. The van der Waals surface area contributed by atoms with Crippen molar-refractivity contribution in [3.05, 3.63) is 0 Å². The number of amides is 2. The molecule has 144 valence electrons. The van der Waals surface area contributed by atoms with E-state index in [9.17, 15) is 19.2 Å². The minimum atomic E-state index is -1.01. The monoisotopic (exact) mass is 358 g/mol. The number of esters is 1. The number of Topliss-reactive ketones (excluding diaryl/α,β-unsaturated/α-hetero) is 1. The summed E-state index contributed by atoms with van der Waals surface area (Å²) in [7, 11) is 0. The third kappa shape index (κ3) is 8.51. The average Bonchev–Trinajstić information content (AvgIpc) is 2.40. The van der Waals surface area contributed by atoms with Crippen molar-refractivity contribution in [2.24, 2.45) is 0 Å². The van der Waals surface area contributed by atoms with Crippen LogP contribution in [0.2, 0.25) is 0 Å². The Bertz CT molecular complexity index is 500. The van der Waals surface area contributed by atoms with Crippen LogP contribution in [0, 0.1) is 0 Å². The number of carbonyl (C=O) groups is 4. The van der Waals surface area contributed by atoms with Gasteiger partial charge < -0.3 is 19.7 Å². The van der Waals surface area contributed by atoms with Crippen LogP contribution in [0.15, 0.2) is 0 Å². The van der Waals surface area contributed by atoms with Crippen molar-refractivity contribution in [1.29, 1.82) is 0 Å². The summed E-state index contributed by atoms with van der Waals surface area (Å²) in [6.45, 7) is 13.0. The van der Waals surface area contributed by atoms with Crippen molar-refractivity contribution >= 4 is 23.8 Å². The van der Waals surface area contributed by atoms with E-state index in [1.165, 1.54) is 11.8 Å². The van der Waals surface area contributed by atoms with Crippen LogP contribution in [0.25, 0.3) is 0 Å². The quantitative estimate of drug-likeness (QED) is 0.548. The minimum absolute atomic E-state index is 0.153. The van der Waals surface area contributed by atoms with Gasteiger partial charge in [0.15, 0.2) is 6.61 Å². The van der Waals surface area contributed by atoms with Crippen LogP contribution in [-0.4, -0.2) is 59.0 Å². The molecule has 8 nitrogen and oxygen atoms in total. The standard InChI is InChI=1S/C17H30N2O6/c1-10(2)19(11(3)4)14(21)13(20)9-24-15(22)12(5)18-16(23)25-17(6,7)8/h10-12H,9H2,1-8H3,(H,18,23)/t12-/m0/s1. The van der Waals surface area contributed by atoms with Gasteiger partial charge in [-0.15, -0.1) is 0 Å². The largest absolute Gasteiger partial charge is 0.456 e. The lowest BCUT2D eigenvalue weighted by Gasteiger charge is -2.29. The predicted octanol–water partition coefficient (Wildman–Crippen LogP) is 1.66. The number of alkyl carbamates (subject to hydrolysis) is 1. The van der Waals surface area contributed by atoms with Crippen LogP contribution < -0.4 is 5.32 Å². The van der Waals surface area contributed by atoms with Gasteiger partial charge in [-0.2, -0.15) is 0 Å². The van der Waals surface area contributed by atoms with Crippen molar-refractivity contribution in [3.63, 3.8) is 0 Å². The van der Waals surface area contributed by atoms with Crippen LogP contribution in [-0.2, 0) is 23.9 Å². The Kier molecular flexibility index (Phi) is 8.59. The van der Waals surface area contributed by atoms with Gasteiger partial charge in [0.05, 0.1) is 0 Å². The summed E-state index contributed by atoms with van der Waals surface area (Å²) in [6, 6.07) is -1.32. The molecule has 0 aliphatic heterocycles. The number of hydrogen-bond donors (Lipinski definition) is 1. The molecule has 0 fully saturated rings. The maximum Gasteiger partial charge on any atom is 0.408 e. The maximum absolute atomic E-state index is 12.1. The molecular weight excluding hydrogens is 328 g/mol. The van der Waals surface area contributed by atoms with E-state index in [-0.39, 0.29) is 12.1 Å². The van der Waals surface area contributed by atoms with E-state index < -0.39 is 42.0 Å². The molecule has 25 heavy (non-hydrogen) atoms. The van der Waals surface area contributed by atoms with Gasteiger partial charge in [0, 0.05) is 12.1 Å². The molecular formula is C17H30N2O6. The van der Waals surface area contributed by atoms with Crippen molar-refractivity contribution in [2.75, 3.05) is 6.61 Å². The highest BCUT2D eigenvalue weighted by molar-refractivity contribution is 6.36. The Morgan fingerprint density at radius 1 is 0.960 bits per heavy atom. The summed E-state index contributed by atoms with van der Waals surface area (Å²) in [6.07, 6.45) is -0.773. The second-order valence-electron chi connectivity index (χ2n) is 7.30. The zero-order valence-electron chi connectivity index (χ0n) is 16.3. The summed E-state index contributed by atoms with van der Waals surface area (Å²) in [5.74, 6) is -2.35. The van der Waals surface area contributed by atoms with Crippen LogP contribution in [0.3, 0.4) is 0 Å². The second-order valence-corrected chi connectivity index (χ2v) is 7.30. The van der Waals surface area contributed by atoms with Crippen LogP contribution >= 0.6 is 0 Å². The first-order chi connectivity index (χ1) is 11.3. The molecule has 1 atom stereocenters. The molecule has 0 bridgehead atoms. The zero-order valence-corrected chi connectivity index (χ0v) is 16.3. The molecule has 0 aliphatic carbocycles. The van der Waals surface area contributed by atoms with E-state index in [1.807, 2.05) is 0 Å². The van der Waals surface area contributed by atoms with E-state index in [2.05, 4.69) is 5.32 Å². The van der Waals surface area contributed by atoms with E-state index in [1.54, 1.807) is 48.5 Å². The van der Waals surface area contributed by atoms with Crippen LogP contribution in [0.4, 0.5) is 4.79 Å². The second kappa shape index (κ2) is 9.39. The molecule has 0 saturated heterocycles. The topological polar surface area (TPSA) is 102 Å². The van der Waals surface area contributed by atoms with Gasteiger partial charge in [-0.25, -0.2) is 9.59 Å². The smallest absolute Gasteiger partial charge is 0.408 e. The van der Waals surface area contributed by atoms with Crippen molar-refractivity contribution in [3.8, 4) is 0 Å². The fraction of sp³-hybridized carbons (Fsp3) is 0.765. The molecule has 0 aromatic carbocycles. The van der Waals surface area contributed by atoms with Gasteiger partial charge >= 0.3 is 12.1 Å². The van der Waals surface area contributed by atoms with Gasteiger partial charge in [0.2, 0.25) is 0 Å². The number of ether oxygens (including phenoxy) is 2. The summed E-state index contributed by atoms with van der Waals surface area (Å²) >= 11 is 0. The Hall–Kier alpha value is -2.12. The minimum Gasteiger partial charge on any atom is -0.456 e. The number of hydrogen-bond acceptors (Lipinski definition) is 6. The van der Waals surface area contributed by atoms with E-state index in [4.69, 9.17) is 9.47 Å². The summed E-state index contributed by atoms with van der Waals surface area (Å²) in [5, 5.41) is 2.31. The fourth-order valence-electron chi connectivity index (χ4n) is 2.08. The molecule has 0 radical (unpaired) electrons. The molecule has 2 amide bonds. The molecule has 0 saturated carbocycles. The van der Waals surface area contributed by atoms with Gasteiger partial charge in [-0.1, -0.05) is 0 Å². The Morgan fingerprint density at radius 3 is 1.84 bits per heavy atom. The summed E-state index contributed by atoms with van der Waals surface area (Å²) in [4.78, 5) is 48.9. The summed E-state index contributed by atoms with van der Waals surface area (Å²) in [5.41, 5.74) is -0.701. The lowest BCUT2D eigenvalue weighted by molar-refractivity contribution is -0.155. The number of rotatable bonds is 7. The molecule has 0 heterocycles. The SMILES string of the molecule is CC(C)N(C(=O)C(=O)COC(=O)[C@H](C)NC(=O)OC(C)(C)C)C(C)C. The molecule has 0 spiro atoms. The van der Waals surface area contributed by atoms with Gasteiger partial charge in [-0.05, 0) is 55.4 Å². The lowest BCUT2D eigenvalue weighted by Crippen LogP contribution is -2.47. The molecule has 0 aliphatic rings. The van der Waals surface area contributed by atoms with E-state index in [0.717, 1.165) is 0 Å². The normalized spacial score (nSPS) is 12.6. The Morgan fingerprint density at radius 2 is 1.44 bits per heavy atom. The number of nitrogens with one attached hydrogen (secondary N) is 1.